The van der Waals surface area contributed by atoms with Crippen LogP contribution in [0.4, 0.5) is 14.5 Å². The number of hydrogen-bond donors (Lipinski definition) is 2. The van der Waals surface area contributed by atoms with Gasteiger partial charge in [0.05, 0.1) is 18.2 Å². The molecule has 8 nitrogen and oxygen atoms in total. The highest BCUT2D eigenvalue weighted by atomic mass is 32.2. The maximum Gasteiger partial charge on any atom is 0.335 e. The molecule has 2 heterocycles. The minimum absolute atomic E-state index is 0.0336. The molecule has 0 saturated carbocycles. The van der Waals surface area contributed by atoms with E-state index in [9.17, 15) is 22.0 Å². The summed E-state index contributed by atoms with van der Waals surface area (Å²) in [5.74, 6) is -3.17. The van der Waals surface area contributed by atoms with Gasteiger partial charge in [-0.3, -0.25) is 9.71 Å². The van der Waals surface area contributed by atoms with Crippen molar-refractivity contribution >= 4 is 32.6 Å². The number of carboxylic acids is 1. The van der Waals surface area contributed by atoms with Crippen molar-refractivity contribution in [2.24, 2.45) is 0 Å². The van der Waals surface area contributed by atoms with E-state index in [4.69, 9.17) is 9.84 Å². The Kier molecular flexibility index (Phi) is 7.14. The van der Waals surface area contributed by atoms with Gasteiger partial charge in [-0.1, -0.05) is 18.2 Å². The Morgan fingerprint density at radius 1 is 0.950 bits per heavy atom. The molecule has 3 aromatic carbocycles. The fraction of sp³-hybridized carbons (Fsp3) is 0.0690. The lowest BCUT2D eigenvalue weighted by Crippen LogP contribution is -2.15. The van der Waals surface area contributed by atoms with Crippen molar-refractivity contribution in [3.05, 3.63) is 114 Å². The van der Waals surface area contributed by atoms with Crippen molar-refractivity contribution < 1.29 is 31.8 Å². The molecule has 0 aliphatic heterocycles. The number of anilines is 1. The summed E-state index contributed by atoms with van der Waals surface area (Å²) in [5, 5.41) is 9.99. The van der Waals surface area contributed by atoms with E-state index in [1.165, 1.54) is 19.4 Å². The van der Waals surface area contributed by atoms with Gasteiger partial charge in [0.15, 0.2) is 0 Å². The lowest BCUT2D eigenvalue weighted by Gasteiger charge is -2.14. The number of carboxylic acid groups (broad SMARTS) is 1. The maximum absolute atomic E-state index is 14.2. The first kappa shape index (κ1) is 26.7. The van der Waals surface area contributed by atoms with Crippen LogP contribution in [0.2, 0.25) is 0 Å². The average molecular weight is 562 g/mol. The Labute approximate surface area is 228 Å². The third-order valence-electron chi connectivity index (χ3n) is 6.23. The fourth-order valence-electron chi connectivity index (χ4n) is 4.26. The van der Waals surface area contributed by atoms with E-state index in [0.29, 0.717) is 23.6 Å². The van der Waals surface area contributed by atoms with Gasteiger partial charge in [0.1, 0.15) is 22.2 Å². The molecule has 0 bridgehead atoms. The van der Waals surface area contributed by atoms with Crippen LogP contribution in [0.25, 0.3) is 22.0 Å². The number of pyridine rings is 2. The Hall–Kier alpha value is -4.90. The lowest BCUT2D eigenvalue weighted by molar-refractivity contribution is 0.0697. The first-order chi connectivity index (χ1) is 19.1. The number of aromatic nitrogens is 2. The van der Waals surface area contributed by atoms with Gasteiger partial charge in [-0.2, -0.15) is 0 Å². The van der Waals surface area contributed by atoms with Gasteiger partial charge in [-0.05, 0) is 71.6 Å². The molecule has 0 amide bonds. The molecule has 11 heteroatoms. The summed E-state index contributed by atoms with van der Waals surface area (Å²) in [6.45, 7) is 0. The Morgan fingerprint density at radius 2 is 1.73 bits per heavy atom. The number of methoxy groups -OCH3 is 1. The second kappa shape index (κ2) is 10.7. The molecular weight excluding hydrogens is 540 g/mol. The summed E-state index contributed by atoms with van der Waals surface area (Å²) in [6, 6.07) is 17.7. The van der Waals surface area contributed by atoms with Gasteiger partial charge in [0.25, 0.3) is 10.0 Å². The van der Waals surface area contributed by atoms with Crippen LogP contribution >= 0.6 is 0 Å². The molecule has 0 atom stereocenters. The molecule has 2 N–H and O–H groups in total. The summed E-state index contributed by atoms with van der Waals surface area (Å²) in [7, 11) is -3.12. The van der Waals surface area contributed by atoms with E-state index in [2.05, 4.69) is 14.7 Å². The summed E-state index contributed by atoms with van der Waals surface area (Å²) in [5.41, 5.74) is 4.01. The van der Waals surface area contributed by atoms with Crippen LogP contribution in [0.1, 0.15) is 21.5 Å². The molecule has 5 aromatic rings. The summed E-state index contributed by atoms with van der Waals surface area (Å²) in [6.07, 6.45) is 3.73. The molecule has 0 saturated heterocycles. The van der Waals surface area contributed by atoms with Crippen LogP contribution in [-0.4, -0.2) is 36.6 Å². The molecule has 40 heavy (non-hydrogen) atoms. The molecule has 0 spiro atoms. The van der Waals surface area contributed by atoms with Crippen LogP contribution in [0.15, 0.2) is 90.1 Å². The molecule has 2 aromatic heterocycles. The first-order valence-corrected chi connectivity index (χ1v) is 13.3. The van der Waals surface area contributed by atoms with Gasteiger partial charge >= 0.3 is 5.97 Å². The molecule has 5 rings (SSSR count). The smallest absolute Gasteiger partial charge is 0.335 e. The number of hydrogen-bond acceptors (Lipinski definition) is 6. The third-order valence-corrected chi connectivity index (χ3v) is 7.63. The standard InChI is InChI=1S/C29H21F2N3O5S/c1-39-28-26(34-40(37,38)27-9-7-22(30)15-24(27)31)14-21(16-33-28)19-6-8-25-23(13-19)20(10-11-32-25)12-17-2-4-18(5-3-17)29(35)36/h2-11,13-16,34H,12H2,1H3,(H,35,36). The summed E-state index contributed by atoms with van der Waals surface area (Å²) in [4.78, 5) is 19.1. The largest absolute Gasteiger partial charge is 0.480 e. The number of halogens is 2. The van der Waals surface area contributed by atoms with Crippen LogP contribution < -0.4 is 9.46 Å². The first-order valence-electron chi connectivity index (χ1n) is 11.9. The fourth-order valence-corrected chi connectivity index (χ4v) is 5.37. The van der Waals surface area contributed by atoms with E-state index in [1.807, 2.05) is 24.3 Å². The predicted molar refractivity (Wildman–Crippen MR) is 145 cm³/mol. The molecule has 0 fully saturated rings. The number of nitrogens with one attached hydrogen (secondary N) is 1. The topological polar surface area (TPSA) is 118 Å². The number of rotatable bonds is 8. The predicted octanol–water partition coefficient (Wildman–Crippen LogP) is 5.67. The van der Waals surface area contributed by atoms with Crippen LogP contribution in [0, 0.1) is 11.6 Å². The molecule has 0 radical (unpaired) electrons. The number of aromatic carboxylic acids is 1. The minimum atomic E-state index is -4.44. The van der Waals surface area contributed by atoms with Crippen LogP contribution in [0.3, 0.4) is 0 Å². The zero-order valence-electron chi connectivity index (χ0n) is 20.9. The van der Waals surface area contributed by atoms with Crippen molar-refractivity contribution in [2.75, 3.05) is 11.8 Å². The minimum Gasteiger partial charge on any atom is -0.480 e. The molecule has 0 unspecified atom stereocenters. The van der Waals surface area contributed by atoms with E-state index in [-0.39, 0.29) is 17.1 Å². The van der Waals surface area contributed by atoms with Crippen molar-refractivity contribution in [3.8, 4) is 17.0 Å². The zero-order chi connectivity index (χ0) is 28.4. The van der Waals surface area contributed by atoms with Crippen LogP contribution in [0.5, 0.6) is 5.88 Å². The maximum atomic E-state index is 14.2. The van der Waals surface area contributed by atoms with Crippen molar-refractivity contribution in [1.29, 1.82) is 0 Å². The zero-order valence-corrected chi connectivity index (χ0v) is 21.7. The highest BCUT2D eigenvalue weighted by Crippen LogP contribution is 2.32. The Morgan fingerprint density at radius 3 is 2.42 bits per heavy atom. The lowest BCUT2D eigenvalue weighted by atomic mass is 9.97. The number of sulfonamides is 1. The van der Waals surface area contributed by atoms with E-state index < -0.39 is 32.5 Å². The van der Waals surface area contributed by atoms with Gasteiger partial charge < -0.3 is 9.84 Å². The van der Waals surface area contributed by atoms with Crippen molar-refractivity contribution in [2.45, 2.75) is 11.3 Å². The molecule has 202 valence electrons. The van der Waals surface area contributed by atoms with E-state index in [0.717, 1.165) is 34.2 Å². The number of carbonyl (C=O) groups is 1. The summed E-state index contributed by atoms with van der Waals surface area (Å²) >= 11 is 0. The molecular formula is C29H21F2N3O5S. The van der Waals surface area contributed by atoms with Crippen molar-refractivity contribution in [1.82, 2.24) is 9.97 Å². The van der Waals surface area contributed by atoms with Crippen molar-refractivity contribution in [3.63, 3.8) is 0 Å². The second-order valence-electron chi connectivity index (χ2n) is 8.84. The normalized spacial score (nSPS) is 11.4. The van der Waals surface area contributed by atoms with Gasteiger partial charge in [0, 0.05) is 29.4 Å². The quantitative estimate of drug-likeness (QED) is 0.250. The Bertz CT molecular complexity index is 1860. The monoisotopic (exact) mass is 561 g/mol. The van der Waals surface area contributed by atoms with Gasteiger partial charge in [-0.25, -0.2) is 27.0 Å². The SMILES string of the molecule is COc1ncc(-c2ccc3nccc(Cc4ccc(C(=O)O)cc4)c3c2)cc1NS(=O)(=O)c1ccc(F)cc1F. The molecule has 0 aliphatic rings. The molecule has 0 aliphatic carbocycles. The number of benzene rings is 3. The average Bonchev–Trinajstić information content (AvgIpc) is 2.93. The van der Waals surface area contributed by atoms with Gasteiger partial charge in [0.2, 0.25) is 5.88 Å². The highest BCUT2D eigenvalue weighted by molar-refractivity contribution is 7.92. The van der Waals surface area contributed by atoms with E-state index in [1.54, 1.807) is 30.5 Å². The van der Waals surface area contributed by atoms with Gasteiger partial charge in [-0.15, -0.1) is 0 Å². The number of ether oxygens (including phenoxy) is 1. The number of nitrogens with zero attached hydrogens (tertiary/aromatic N) is 2. The second-order valence-corrected chi connectivity index (χ2v) is 10.5. The Balaban J connectivity index is 1.51. The summed E-state index contributed by atoms with van der Waals surface area (Å²) < 4.78 is 60.9. The third kappa shape index (κ3) is 5.45. The van der Waals surface area contributed by atoms with E-state index >= 15 is 0 Å². The highest BCUT2D eigenvalue weighted by Gasteiger charge is 2.22. The number of fused-ring (bicyclic) bond motifs is 1. The van der Waals surface area contributed by atoms with Crippen LogP contribution in [-0.2, 0) is 16.4 Å².